The monoisotopic (exact) mass is 502 g/mol. The van der Waals surface area contributed by atoms with Crippen LogP contribution in [0.25, 0.3) is 0 Å². The number of benzene rings is 2. The van der Waals surface area contributed by atoms with Crippen molar-refractivity contribution in [2.45, 2.75) is 31.4 Å². The fourth-order valence-corrected chi connectivity index (χ4v) is 5.31. The maximum atomic E-state index is 13.2. The van der Waals surface area contributed by atoms with Gasteiger partial charge in [0.25, 0.3) is 5.91 Å². The van der Waals surface area contributed by atoms with Crippen LogP contribution in [0.4, 0.5) is 11.4 Å². The van der Waals surface area contributed by atoms with Crippen molar-refractivity contribution in [3.8, 4) is 5.75 Å². The molecular formula is C25H34N4O5S. The first kappa shape index (κ1) is 25.3. The van der Waals surface area contributed by atoms with Gasteiger partial charge in [-0.15, -0.1) is 0 Å². The van der Waals surface area contributed by atoms with Crippen molar-refractivity contribution in [3.05, 3.63) is 53.6 Å². The Kier molecular flexibility index (Phi) is 7.83. The number of sulfonamides is 1. The van der Waals surface area contributed by atoms with Gasteiger partial charge in [0.05, 0.1) is 29.8 Å². The average molecular weight is 503 g/mol. The van der Waals surface area contributed by atoms with Gasteiger partial charge in [-0.25, -0.2) is 8.42 Å². The summed E-state index contributed by atoms with van der Waals surface area (Å²) >= 11 is 0. The van der Waals surface area contributed by atoms with Crippen LogP contribution in [-0.4, -0.2) is 81.4 Å². The van der Waals surface area contributed by atoms with Gasteiger partial charge < -0.3 is 20.1 Å². The number of β-amino-alcohol motifs (C(OH)–C–C–N with tert-alkyl or cyclic N) is 1. The number of nitrogens with one attached hydrogen (secondary N) is 2. The van der Waals surface area contributed by atoms with E-state index in [9.17, 15) is 18.3 Å². The lowest BCUT2D eigenvalue weighted by Gasteiger charge is -2.32. The van der Waals surface area contributed by atoms with Crippen molar-refractivity contribution in [3.63, 3.8) is 0 Å². The number of likely N-dealkylation sites (N-methyl/N-ethyl adjacent to an activating group) is 1. The van der Waals surface area contributed by atoms with Gasteiger partial charge in [-0.3, -0.25) is 14.4 Å². The summed E-state index contributed by atoms with van der Waals surface area (Å²) in [7, 11) is -1.64. The highest BCUT2D eigenvalue weighted by Crippen LogP contribution is 2.37. The third kappa shape index (κ3) is 6.45. The topological polar surface area (TPSA) is 111 Å². The van der Waals surface area contributed by atoms with Gasteiger partial charge >= 0.3 is 0 Å². The number of rotatable bonds is 9. The van der Waals surface area contributed by atoms with Crippen LogP contribution in [0.2, 0.25) is 0 Å². The van der Waals surface area contributed by atoms with Crippen LogP contribution in [0.15, 0.2) is 42.5 Å². The molecule has 9 nitrogen and oxygen atoms in total. The first-order valence-electron chi connectivity index (χ1n) is 11.9. The Labute approximate surface area is 207 Å². The number of carbonyl (C=O) groups excluding carboxylic acids is 1. The lowest BCUT2D eigenvalue weighted by atomic mass is 10.0. The molecule has 2 aliphatic rings. The largest absolute Gasteiger partial charge is 0.483 e. The zero-order valence-corrected chi connectivity index (χ0v) is 21.1. The van der Waals surface area contributed by atoms with Crippen LogP contribution in [0, 0.1) is 0 Å². The SMILES string of the molecule is CN(C(=O)COc1ccc(NS(C)(=O)=O)c2c1CCCN2)[C@H](CN1CC[C@H](O)C1)c1ccccc1. The number of carbonyl (C=O) groups is 1. The highest BCUT2D eigenvalue weighted by Gasteiger charge is 2.28. The minimum Gasteiger partial charge on any atom is -0.483 e. The van der Waals surface area contributed by atoms with Crippen LogP contribution < -0.4 is 14.8 Å². The summed E-state index contributed by atoms with van der Waals surface area (Å²) in [6.45, 7) is 2.65. The minimum absolute atomic E-state index is 0.131. The molecule has 3 N–H and O–H groups in total. The second-order valence-corrected chi connectivity index (χ2v) is 11.0. The molecule has 1 saturated heterocycles. The molecule has 4 rings (SSSR count). The predicted molar refractivity (Wildman–Crippen MR) is 136 cm³/mol. The van der Waals surface area contributed by atoms with Gasteiger partial charge in [0.15, 0.2) is 6.61 Å². The normalized spacial score (nSPS) is 18.9. The lowest BCUT2D eigenvalue weighted by Crippen LogP contribution is -2.41. The van der Waals surface area contributed by atoms with Gasteiger partial charge in [0.2, 0.25) is 10.0 Å². The zero-order valence-electron chi connectivity index (χ0n) is 20.2. The average Bonchev–Trinajstić information content (AvgIpc) is 3.25. The molecule has 0 radical (unpaired) electrons. The highest BCUT2D eigenvalue weighted by atomic mass is 32.2. The molecule has 0 bridgehead atoms. The van der Waals surface area contributed by atoms with Crippen molar-refractivity contribution < 1.29 is 23.1 Å². The second kappa shape index (κ2) is 10.8. The molecule has 0 unspecified atom stereocenters. The highest BCUT2D eigenvalue weighted by molar-refractivity contribution is 7.92. The zero-order chi connectivity index (χ0) is 25.0. The fraction of sp³-hybridized carbons (Fsp3) is 0.480. The number of amides is 1. The molecule has 0 aliphatic carbocycles. The van der Waals surface area contributed by atoms with Crippen molar-refractivity contribution in [1.82, 2.24) is 9.80 Å². The molecule has 1 fully saturated rings. The quantitative estimate of drug-likeness (QED) is 0.481. The van der Waals surface area contributed by atoms with E-state index in [1.54, 1.807) is 24.1 Å². The number of anilines is 2. The van der Waals surface area contributed by atoms with Crippen molar-refractivity contribution in [1.29, 1.82) is 0 Å². The number of nitrogens with zero attached hydrogens (tertiary/aromatic N) is 2. The van der Waals surface area contributed by atoms with E-state index in [2.05, 4.69) is 14.9 Å². The third-order valence-corrected chi connectivity index (χ3v) is 7.14. The summed E-state index contributed by atoms with van der Waals surface area (Å²) in [5.41, 5.74) is 3.08. The van der Waals surface area contributed by atoms with Crippen molar-refractivity contribution >= 4 is 27.3 Å². The summed E-state index contributed by atoms with van der Waals surface area (Å²) in [5, 5.41) is 13.2. The van der Waals surface area contributed by atoms with Crippen molar-refractivity contribution in [2.24, 2.45) is 0 Å². The van der Waals surface area contributed by atoms with Crippen LogP contribution in [0.3, 0.4) is 0 Å². The standard InChI is InChI=1S/C25H34N4O5S/c1-28(22(18-7-4-3-5-8-18)16-29-14-12-19(30)15-29)24(31)17-34-23-11-10-21(27-35(2,32)33)25-20(23)9-6-13-26-25/h3-5,7-8,10-11,19,22,26-27,30H,6,9,12-17H2,1-2H3/t19-,22+/m0/s1. The van der Waals surface area contributed by atoms with Crippen LogP contribution in [0.5, 0.6) is 5.75 Å². The molecule has 190 valence electrons. The first-order valence-corrected chi connectivity index (χ1v) is 13.8. The van der Waals surface area contributed by atoms with E-state index in [1.165, 1.54) is 0 Å². The fourth-order valence-electron chi connectivity index (χ4n) is 4.74. The lowest BCUT2D eigenvalue weighted by molar-refractivity contribution is -0.134. The molecule has 2 aromatic rings. The van der Waals surface area contributed by atoms with E-state index in [-0.39, 0.29) is 24.7 Å². The molecular weight excluding hydrogens is 468 g/mol. The Hall–Kier alpha value is -2.82. The van der Waals surface area contributed by atoms with E-state index >= 15 is 0 Å². The van der Waals surface area contributed by atoms with E-state index in [0.717, 1.165) is 49.7 Å². The van der Waals surface area contributed by atoms with Gasteiger partial charge in [-0.1, -0.05) is 30.3 Å². The summed E-state index contributed by atoms with van der Waals surface area (Å²) in [6.07, 6.45) is 3.15. The Morgan fingerprint density at radius 1 is 1.29 bits per heavy atom. The number of hydrogen-bond donors (Lipinski definition) is 3. The molecule has 0 saturated carbocycles. The number of aliphatic hydroxyl groups is 1. The molecule has 0 spiro atoms. The van der Waals surface area contributed by atoms with Gasteiger partial charge in [0, 0.05) is 38.8 Å². The van der Waals surface area contributed by atoms with Crippen LogP contribution in [0.1, 0.15) is 30.0 Å². The second-order valence-electron chi connectivity index (χ2n) is 9.29. The molecule has 2 atom stereocenters. The number of fused-ring (bicyclic) bond motifs is 1. The first-order chi connectivity index (χ1) is 16.7. The predicted octanol–water partition coefficient (Wildman–Crippen LogP) is 2.06. The Morgan fingerprint density at radius 2 is 2.06 bits per heavy atom. The van der Waals surface area contributed by atoms with Crippen LogP contribution in [-0.2, 0) is 21.2 Å². The minimum atomic E-state index is -3.42. The summed E-state index contributed by atoms with van der Waals surface area (Å²) in [5.74, 6) is 0.418. The Balaban J connectivity index is 1.48. The number of ether oxygens (including phenoxy) is 1. The number of aliphatic hydroxyl groups excluding tert-OH is 1. The maximum Gasteiger partial charge on any atom is 0.260 e. The summed E-state index contributed by atoms with van der Waals surface area (Å²) in [6, 6.07) is 13.1. The summed E-state index contributed by atoms with van der Waals surface area (Å²) < 4.78 is 32.0. The van der Waals surface area contributed by atoms with Gasteiger partial charge in [-0.2, -0.15) is 0 Å². The third-order valence-electron chi connectivity index (χ3n) is 6.55. The number of hydrogen-bond acceptors (Lipinski definition) is 7. The maximum absolute atomic E-state index is 13.2. The summed E-state index contributed by atoms with van der Waals surface area (Å²) in [4.78, 5) is 17.1. The van der Waals surface area contributed by atoms with E-state index in [0.29, 0.717) is 30.2 Å². The Morgan fingerprint density at radius 3 is 2.74 bits per heavy atom. The van der Waals surface area contributed by atoms with E-state index in [1.807, 2.05) is 30.3 Å². The smallest absolute Gasteiger partial charge is 0.260 e. The van der Waals surface area contributed by atoms with E-state index < -0.39 is 10.0 Å². The van der Waals surface area contributed by atoms with Crippen LogP contribution >= 0.6 is 0 Å². The number of likely N-dealkylation sites (tertiary alicyclic amines) is 1. The molecule has 0 aromatic heterocycles. The molecule has 35 heavy (non-hydrogen) atoms. The van der Waals surface area contributed by atoms with Gasteiger partial charge in [0.1, 0.15) is 5.75 Å². The Bertz CT molecular complexity index is 1140. The molecule has 2 aliphatic heterocycles. The molecule has 1 amide bonds. The molecule has 10 heteroatoms. The van der Waals surface area contributed by atoms with E-state index in [4.69, 9.17) is 4.74 Å². The van der Waals surface area contributed by atoms with Gasteiger partial charge in [-0.05, 0) is 37.0 Å². The molecule has 2 aromatic carbocycles. The van der Waals surface area contributed by atoms with Crippen molar-refractivity contribution in [2.75, 3.05) is 56.1 Å². The molecule has 2 heterocycles.